The van der Waals surface area contributed by atoms with Crippen LogP contribution < -0.4 is 0 Å². The molecule has 2 aromatic heterocycles. The Hall–Kier alpha value is -2.33. The maximum Gasteiger partial charge on any atom is 0.0587 e. The topological polar surface area (TPSA) is 4.41 Å². The summed E-state index contributed by atoms with van der Waals surface area (Å²) in [6, 6.07) is 26.8. The Morgan fingerprint density at radius 1 is 0.793 bits per heavy atom. The molecule has 0 unspecified atom stereocenters. The SMILES string of the molecule is CCCCc1ccc(-c2c(I)c3ccccc3n3c2c(C)c2ccccc23)cc1. The van der Waals surface area contributed by atoms with Crippen molar-refractivity contribution in [3.63, 3.8) is 0 Å². The molecule has 0 amide bonds. The highest BCUT2D eigenvalue weighted by molar-refractivity contribution is 14.1. The summed E-state index contributed by atoms with van der Waals surface area (Å²) in [6.45, 7) is 4.52. The van der Waals surface area contributed by atoms with Gasteiger partial charge in [0.15, 0.2) is 0 Å². The van der Waals surface area contributed by atoms with Gasteiger partial charge in [-0.3, -0.25) is 0 Å². The quantitative estimate of drug-likeness (QED) is 0.224. The number of aryl methyl sites for hydroxylation is 2. The van der Waals surface area contributed by atoms with E-state index in [2.05, 4.69) is 114 Å². The Balaban J connectivity index is 1.88. The molecule has 0 aliphatic carbocycles. The molecule has 2 heteroatoms. The Bertz CT molecular complexity index is 1340. The number of unbranched alkanes of at least 4 members (excludes halogenated alkanes) is 1. The van der Waals surface area contributed by atoms with Crippen molar-refractivity contribution in [3.8, 4) is 11.1 Å². The number of para-hydroxylation sites is 2. The Kier molecular flexibility index (Phi) is 4.83. The molecule has 29 heavy (non-hydrogen) atoms. The van der Waals surface area contributed by atoms with E-state index < -0.39 is 0 Å². The first-order valence-electron chi connectivity index (χ1n) is 10.4. The molecule has 0 spiro atoms. The van der Waals surface area contributed by atoms with Crippen molar-refractivity contribution in [3.05, 3.63) is 87.5 Å². The molecule has 144 valence electrons. The van der Waals surface area contributed by atoms with Crippen molar-refractivity contribution in [2.45, 2.75) is 33.1 Å². The van der Waals surface area contributed by atoms with Crippen LogP contribution in [-0.2, 0) is 6.42 Å². The number of hydrogen-bond donors (Lipinski definition) is 0. The van der Waals surface area contributed by atoms with Gasteiger partial charge in [-0.15, -0.1) is 0 Å². The number of fused-ring (bicyclic) bond motifs is 5. The van der Waals surface area contributed by atoms with Crippen molar-refractivity contribution in [1.82, 2.24) is 4.40 Å². The first kappa shape index (κ1) is 18.7. The van der Waals surface area contributed by atoms with E-state index in [1.807, 2.05) is 0 Å². The zero-order valence-corrected chi connectivity index (χ0v) is 19.0. The summed E-state index contributed by atoms with van der Waals surface area (Å²) in [7, 11) is 0. The predicted molar refractivity (Wildman–Crippen MR) is 134 cm³/mol. The minimum Gasteiger partial charge on any atom is -0.308 e. The van der Waals surface area contributed by atoms with Crippen molar-refractivity contribution in [1.29, 1.82) is 0 Å². The van der Waals surface area contributed by atoms with Gasteiger partial charge in [0.2, 0.25) is 0 Å². The van der Waals surface area contributed by atoms with Crippen LogP contribution in [-0.4, -0.2) is 4.40 Å². The third-order valence-corrected chi connectivity index (χ3v) is 7.15. The predicted octanol–water partition coefficient (Wildman–Crippen LogP) is 8.17. The van der Waals surface area contributed by atoms with Crippen LogP contribution in [0.25, 0.3) is 38.4 Å². The summed E-state index contributed by atoms with van der Waals surface area (Å²) in [4.78, 5) is 0. The molecule has 0 aliphatic heterocycles. The number of aromatic nitrogens is 1. The fourth-order valence-corrected chi connectivity index (χ4v) is 5.55. The number of hydrogen-bond acceptors (Lipinski definition) is 0. The second-order valence-corrected chi connectivity index (χ2v) is 8.91. The highest BCUT2D eigenvalue weighted by Gasteiger charge is 2.19. The smallest absolute Gasteiger partial charge is 0.0587 e. The number of rotatable bonds is 4. The van der Waals surface area contributed by atoms with E-state index >= 15 is 0 Å². The molecule has 3 aromatic carbocycles. The zero-order chi connectivity index (χ0) is 20.0. The summed E-state index contributed by atoms with van der Waals surface area (Å²) >= 11 is 2.55. The average molecular weight is 489 g/mol. The lowest BCUT2D eigenvalue weighted by atomic mass is 9.98. The maximum absolute atomic E-state index is 2.55. The highest BCUT2D eigenvalue weighted by Crippen LogP contribution is 2.41. The molecule has 0 aliphatic rings. The molecule has 0 bridgehead atoms. The van der Waals surface area contributed by atoms with Crippen LogP contribution in [0.2, 0.25) is 0 Å². The number of pyridine rings is 1. The van der Waals surface area contributed by atoms with E-state index in [9.17, 15) is 0 Å². The van der Waals surface area contributed by atoms with E-state index in [4.69, 9.17) is 0 Å². The number of nitrogens with zero attached hydrogens (tertiary/aromatic N) is 1. The van der Waals surface area contributed by atoms with Gasteiger partial charge in [0.25, 0.3) is 0 Å². The van der Waals surface area contributed by atoms with Crippen LogP contribution in [0.15, 0.2) is 72.8 Å². The molecule has 2 heterocycles. The van der Waals surface area contributed by atoms with Gasteiger partial charge in [-0.05, 0) is 71.2 Å². The van der Waals surface area contributed by atoms with Gasteiger partial charge in [0, 0.05) is 19.9 Å². The normalized spacial score (nSPS) is 11.7. The van der Waals surface area contributed by atoms with E-state index in [-0.39, 0.29) is 0 Å². The van der Waals surface area contributed by atoms with Gasteiger partial charge < -0.3 is 4.40 Å². The lowest BCUT2D eigenvalue weighted by molar-refractivity contribution is 0.795. The van der Waals surface area contributed by atoms with Gasteiger partial charge in [0.05, 0.1) is 16.6 Å². The molecule has 0 N–H and O–H groups in total. The average Bonchev–Trinajstić information content (AvgIpc) is 3.06. The third kappa shape index (κ3) is 2.96. The Morgan fingerprint density at radius 3 is 2.10 bits per heavy atom. The Morgan fingerprint density at radius 2 is 1.41 bits per heavy atom. The van der Waals surface area contributed by atoms with Gasteiger partial charge in [0.1, 0.15) is 0 Å². The summed E-state index contributed by atoms with van der Waals surface area (Å²) < 4.78 is 3.79. The van der Waals surface area contributed by atoms with E-state index in [0.29, 0.717) is 0 Å². The van der Waals surface area contributed by atoms with E-state index in [1.54, 1.807) is 0 Å². The molecular formula is C27H24IN. The summed E-state index contributed by atoms with van der Waals surface area (Å²) in [6.07, 6.45) is 3.65. The van der Waals surface area contributed by atoms with Gasteiger partial charge in [-0.1, -0.05) is 74.0 Å². The van der Waals surface area contributed by atoms with Crippen molar-refractivity contribution < 1.29 is 0 Å². The molecule has 0 saturated heterocycles. The van der Waals surface area contributed by atoms with Crippen LogP contribution in [0.5, 0.6) is 0 Å². The molecule has 0 saturated carbocycles. The molecule has 5 aromatic rings. The first-order chi connectivity index (χ1) is 14.2. The molecule has 0 atom stereocenters. The molecule has 1 nitrogen and oxygen atoms in total. The van der Waals surface area contributed by atoms with Crippen LogP contribution in [0.3, 0.4) is 0 Å². The zero-order valence-electron chi connectivity index (χ0n) is 16.9. The van der Waals surface area contributed by atoms with Crippen molar-refractivity contribution in [2.24, 2.45) is 0 Å². The number of halogens is 1. The first-order valence-corrected chi connectivity index (χ1v) is 11.5. The van der Waals surface area contributed by atoms with Crippen LogP contribution in [0.1, 0.15) is 30.9 Å². The van der Waals surface area contributed by atoms with Crippen LogP contribution in [0, 0.1) is 10.5 Å². The third-order valence-electron chi connectivity index (χ3n) is 6.03. The molecule has 0 fully saturated rings. The minimum atomic E-state index is 1.16. The second kappa shape index (κ2) is 7.49. The van der Waals surface area contributed by atoms with E-state index in [1.165, 1.54) is 66.0 Å². The maximum atomic E-state index is 2.55. The largest absolute Gasteiger partial charge is 0.308 e. The second-order valence-electron chi connectivity index (χ2n) is 7.83. The van der Waals surface area contributed by atoms with Crippen molar-refractivity contribution in [2.75, 3.05) is 0 Å². The highest BCUT2D eigenvalue weighted by atomic mass is 127. The van der Waals surface area contributed by atoms with Gasteiger partial charge >= 0.3 is 0 Å². The van der Waals surface area contributed by atoms with Crippen molar-refractivity contribution >= 4 is 49.9 Å². The summed E-state index contributed by atoms with van der Waals surface area (Å²) in [5, 5.41) is 2.65. The molecule has 0 radical (unpaired) electrons. The minimum absolute atomic E-state index is 1.16. The summed E-state index contributed by atoms with van der Waals surface area (Å²) in [5.41, 5.74) is 9.33. The lowest BCUT2D eigenvalue weighted by Crippen LogP contribution is -1.96. The number of benzene rings is 3. The lowest BCUT2D eigenvalue weighted by Gasteiger charge is -2.15. The summed E-state index contributed by atoms with van der Waals surface area (Å²) in [5.74, 6) is 0. The Labute approximate surface area is 185 Å². The monoisotopic (exact) mass is 489 g/mol. The molecule has 5 rings (SSSR count). The standard InChI is InChI=1S/C27H24IN/c1-3-4-9-19-14-16-20(17-15-19)25-26(28)22-11-6-8-13-24(22)29-23-12-7-5-10-21(23)18(2)27(25)29/h5-8,10-17H,3-4,9H2,1-2H3. The van der Waals surface area contributed by atoms with Gasteiger partial charge in [-0.2, -0.15) is 0 Å². The van der Waals surface area contributed by atoms with Crippen LogP contribution >= 0.6 is 22.6 Å². The molecular weight excluding hydrogens is 465 g/mol. The van der Waals surface area contributed by atoms with E-state index in [0.717, 1.165) is 6.42 Å². The van der Waals surface area contributed by atoms with Gasteiger partial charge in [-0.25, -0.2) is 0 Å². The van der Waals surface area contributed by atoms with Crippen LogP contribution in [0.4, 0.5) is 0 Å². The fraction of sp³-hybridized carbons (Fsp3) is 0.185. The fourth-order valence-electron chi connectivity index (χ4n) is 4.53.